The summed E-state index contributed by atoms with van der Waals surface area (Å²) in [5.41, 5.74) is 0.146. The molecule has 0 radical (unpaired) electrons. The lowest BCUT2D eigenvalue weighted by molar-refractivity contribution is -0.154. The van der Waals surface area contributed by atoms with Crippen LogP contribution in [0.15, 0.2) is 24.3 Å². The average molecular weight is 313 g/mol. The Morgan fingerprint density at radius 1 is 1.48 bits per heavy atom. The number of aryl methyl sites for hydroxylation is 1. The molecule has 1 aromatic carbocycles. The first-order chi connectivity index (χ1) is 9.76. The van der Waals surface area contributed by atoms with Crippen molar-refractivity contribution in [1.82, 2.24) is 4.72 Å². The largest absolute Gasteiger partial charge is 0.480 e. The van der Waals surface area contributed by atoms with Crippen LogP contribution in [0.1, 0.15) is 24.0 Å². The highest BCUT2D eigenvalue weighted by Crippen LogP contribution is 2.35. The van der Waals surface area contributed by atoms with Crippen LogP contribution in [-0.2, 0) is 25.3 Å². The molecule has 21 heavy (non-hydrogen) atoms. The number of ether oxygens (including phenoxy) is 1. The fourth-order valence-corrected chi connectivity index (χ4v) is 4.08. The Hall–Kier alpha value is -1.44. The van der Waals surface area contributed by atoms with Gasteiger partial charge in [0.25, 0.3) is 0 Å². The molecule has 0 spiro atoms. The van der Waals surface area contributed by atoms with Crippen LogP contribution in [0.25, 0.3) is 0 Å². The van der Waals surface area contributed by atoms with E-state index in [0.717, 1.165) is 5.56 Å². The van der Waals surface area contributed by atoms with E-state index >= 15 is 0 Å². The van der Waals surface area contributed by atoms with Crippen LogP contribution in [0.2, 0.25) is 0 Å². The van der Waals surface area contributed by atoms with Crippen molar-refractivity contribution in [2.45, 2.75) is 37.2 Å². The third-order valence-electron chi connectivity index (χ3n) is 3.69. The van der Waals surface area contributed by atoms with Crippen LogP contribution < -0.4 is 4.72 Å². The maximum Gasteiger partial charge on any atom is 0.325 e. The molecule has 0 atom stereocenters. The predicted molar refractivity (Wildman–Crippen MR) is 77.3 cm³/mol. The first-order valence-corrected chi connectivity index (χ1v) is 8.25. The fraction of sp³-hybridized carbons (Fsp3) is 0.500. The molecule has 1 aliphatic carbocycles. The molecular formula is C14H19NO5S. The molecule has 116 valence electrons. The molecule has 0 bridgehead atoms. The van der Waals surface area contributed by atoms with Crippen molar-refractivity contribution in [3.63, 3.8) is 0 Å². The fourth-order valence-electron chi connectivity index (χ4n) is 2.54. The number of rotatable bonds is 6. The Morgan fingerprint density at radius 3 is 2.67 bits per heavy atom. The summed E-state index contributed by atoms with van der Waals surface area (Å²) in [5.74, 6) is -1.40. The summed E-state index contributed by atoms with van der Waals surface area (Å²) in [6, 6.07) is 7.12. The monoisotopic (exact) mass is 313 g/mol. The SMILES string of the molecule is COC1CC(NS(=O)(=O)Cc2cccc(C)c2)(C(=O)O)C1. The first kappa shape index (κ1) is 15.9. The lowest BCUT2D eigenvalue weighted by Crippen LogP contribution is -2.64. The molecule has 1 saturated carbocycles. The molecule has 1 aromatic rings. The van der Waals surface area contributed by atoms with E-state index in [9.17, 15) is 18.3 Å². The van der Waals surface area contributed by atoms with Crippen molar-refractivity contribution >= 4 is 16.0 Å². The molecule has 6 nitrogen and oxygen atoms in total. The number of sulfonamides is 1. The summed E-state index contributed by atoms with van der Waals surface area (Å²) in [7, 11) is -2.25. The molecule has 2 N–H and O–H groups in total. The van der Waals surface area contributed by atoms with E-state index in [2.05, 4.69) is 4.72 Å². The smallest absolute Gasteiger partial charge is 0.325 e. The van der Waals surface area contributed by atoms with Gasteiger partial charge in [-0.25, -0.2) is 8.42 Å². The van der Waals surface area contributed by atoms with Crippen molar-refractivity contribution in [2.24, 2.45) is 0 Å². The van der Waals surface area contributed by atoms with Gasteiger partial charge in [-0.1, -0.05) is 29.8 Å². The van der Waals surface area contributed by atoms with Gasteiger partial charge < -0.3 is 9.84 Å². The molecule has 0 aliphatic heterocycles. The van der Waals surface area contributed by atoms with Crippen LogP contribution in [0.5, 0.6) is 0 Å². The molecule has 2 rings (SSSR count). The van der Waals surface area contributed by atoms with Gasteiger partial charge in [-0.05, 0) is 12.5 Å². The molecule has 0 heterocycles. The van der Waals surface area contributed by atoms with Crippen molar-refractivity contribution in [3.8, 4) is 0 Å². The zero-order chi connectivity index (χ0) is 15.7. The van der Waals surface area contributed by atoms with Gasteiger partial charge in [0.2, 0.25) is 10.0 Å². The Morgan fingerprint density at radius 2 is 2.14 bits per heavy atom. The highest BCUT2D eigenvalue weighted by atomic mass is 32.2. The third-order valence-corrected chi connectivity index (χ3v) is 5.10. The number of methoxy groups -OCH3 is 1. The van der Waals surface area contributed by atoms with Gasteiger partial charge in [0.15, 0.2) is 0 Å². The maximum atomic E-state index is 12.2. The lowest BCUT2D eigenvalue weighted by Gasteiger charge is -2.43. The van der Waals surface area contributed by atoms with E-state index in [1.54, 1.807) is 18.2 Å². The number of benzene rings is 1. The number of carbonyl (C=O) groups is 1. The van der Waals surface area contributed by atoms with E-state index in [4.69, 9.17) is 4.74 Å². The van der Waals surface area contributed by atoms with E-state index in [1.807, 2.05) is 13.0 Å². The highest BCUT2D eigenvalue weighted by molar-refractivity contribution is 7.88. The summed E-state index contributed by atoms with van der Waals surface area (Å²) in [6.45, 7) is 1.87. The molecule has 1 fully saturated rings. The Labute approximate surface area is 124 Å². The highest BCUT2D eigenvalue weighted by Gasteiger charge is 2.53. The number of carboxylic acid groups (broad SMARTS) is 1. The summed E-state index contributed by atoms with van der Waals surface area (Å²) in [4.78, 5) is 11.4. The van der Waals surface area contributed by atoms with E-state index in [1.165, 1.54) is 7.11 Å². The zero-order valence-corrected chi connectivity index (χ0v) is 12.8. The van der Waals surface area contributed by atoms with Crippen molar-refractivity contribution in [1.29, 1.82) is 0 Å². The maximum absolute atomic E-state index is 12.2. The van der Waals surface area contributed by atoms with Crippen LogP contribution in [-0.4, -0.2) is 38.2 Å². The normalized spacial score (nSPS) is 25.3. The summed E-state index contributed by atoms with van der Waals surface area (Å²) >= 11 is 0. The summed E-state index contributed by atoms with van der Waals surface area (Å²) in [6.07, 6.45) is 0.0698. The van der Waals surface area contributed by atoms with Gasteiger partial charge in [0.1, 0.15) is 5.54 Å². The van der Waals surface area contributed by atoms with Crippen LogP contribution in [0, 0.1) is 6.92 Å². The molecule has 7 heteroatoms. The van der Waals surface area contributed by atoms with Crippen LogP contribution >= 0.6 is 0 Å². The molecule has 0 amide bonds. The topological polar surface area (TPSA) is 92.7 Å². The number of carboxylic acids is 1. The van der Waals surface area contributed by atoms with Gasteiger partial charge in [0.05, 0.1) is 11.9 Å². The van der Waals surface area contributed by atoms with Gasteiger partial charge in [-0.3, -0.25) is 4.79 Å². The van der Waals surface area contributed by atoms with Gasteiger partial charge >= 0.3 is 5.97 Å². The van der Waals surface area contributed by atoms with Crippen molar-refractivity contribution < 1.29 is 23.1 Å². The van der Waals surface area contributed by atoms with E-state index < -0.39 is 21.5 Å². The Kier molecular flexibility index (Phi) is 4.36. The molecular weight excluding hydrogens is 294 g/mol. The van der Waals surface area contributed by atoms with Gasteiger partial charge in [-0.15, -0.1) is 0 Å². The molecule has 1 aliphatic rings. The minimum atomic E-state index is -3.73. The average Bonchev–Trinajstić information content (AvgIpc) is 2.32. The zero-order valence-electron chi connectivity index (χ0n) is 12.0. The number of hydrogen-bond acceptors (Lipinski definition) is 4. The lowest BCUT2D eigenvalue weighted by atomic mass is 9.75. The number of aliphatic carboxylic acids is 1. The summed E-state index contributed by atoms with van der Waals surface area (Å²) in [5, 5.41) is 9.29. The second kappa shape index (κ2) is 5.75. The number of hydrogen-bond donors (Lipinski definition) is 2. The molecule has 0 aromatic heterocycles. The molecule has 0 saturated heterocycles. The van der Waals surface area contributed by atoms with Gasteiger partial charge in [-0.2, -0.15) is 4.72 Å². The minimum absolute atomic E-state index is 0.145. The quantitative estimate of drug-likeness (QED) is 0.819. The van der Waals surface area contributed by atoms with Crippen molar-refractivity contribution in [2.75, 3.05) is 7.11 Å². The van der Waals surface area contributed by atoms with E-state index in [0.29, 0.717) is 5.56 Å². The number of nitrogens with one attached hydrogen (secondary N) is 1. The van der Waals surface area contributed by atoms with Gasteiger partial charge in [0, 0.05) is 20.0 Å². The first-order valence-electron chi connectivity index (χ1n) is 6.60. The van der Waals surface area contributed by atoms with Crippen LogP contribution in [0.3, 0.4) is 0 Å². The summed E-state index contributed by atoms with van der Waals surface area (Å²) < 4.78 is 31.8. The minimum Gasteiger partial charge on any atom is -0.480 e. The predicted octanol–water partition coefficient (Wildman–Crippen LogP) is 1.05. The van der Waals surface area contributed by atoms with Crippen molar-refractivity contribution in [3.05, 3.63) is 35.4 Å². The Bertz CT molecular complexity index is 635. The second-order valence-electron chi connectivity index (χ2n) is 5.50. The third kappa shape index (κ3) is 3.61. The second-order valence-corrected chi connectivity index (χ2v) is 7.23. The van der Waals surface area contributed by atoms with Crippen LogP contribution in [0.4, 0.5) is 0 Å². The standard InChI is InChI=1S/C14H19NO5S/c1-10-4-3-5-11(6-10)9-21(18,19)15-14(13(16)17)7-12(8-14)20-2/h3-6,12,15H,7-9H2,1-2H3,(H,16,17). The molecule has 0 unspecified atom stereocenters. The Balaban J connectivity index is 2.11. The van der Waals surface area contributed by atoms with E-state index in [-0.39, 0.29) is 24.7 Å².